The molecule has 1 N–H and O–H groups in total. The van der Waals surface area contributed by atoms with Gasteiger partial charge in [-0.2, -0.15) is 5.10 Å². The highest BCUT2D eigenvalue weighted by Crippen LogP contribution is 2.42. The molecule has 0 atom stereocenters. The first kappa shape index (κ1) is 15.4. The Hall–Kier alpha value is -2.83. The Kier molecular flexibility index (Phi) is 3.48. The van der Waals surface area contributed by atoms with E-state index in [1.165, 1.54) is 12.8 Å². The lowest BCUT2D eigenvalue weighted by molar-refractivity contribution is -0.0126. The summed E-state index contributed by atoms with van der Waals surface area (Å²) in [7, 11) is 0. The molecule has 0 saturated heterocycles. The minimum atomic E-state index is -0.106. The highest BCUT2D eigenvalue weighted by molar-refractivity contribution is 6.11. The largest absolute Gasteiger partial charge is 0.470 e. The predicted molar refractivity (Wildman–Crippen MR) is 98.6 cm³/mol. The number of hydrogen-bond donors (Lipinski definition) is 1. The molecule has 0 unspecified atom stereocenters. The third-order valence-electron chi connectivity index (χ3n) is 5.42. The number of aromatic nitrogens is 3. The fourth-order valence-corrected chi connectivity index (χ4v) is 4.05. The van der Waals surface area contributed by atoms with Gasteiger partial charge >= 0.3 is 0 Å². The van der Waals surface area contributed by atoms with Crippen LogP contribution in [0, 0.1) is 0 Å². The summed E-state index contributed by atoms with van der Waals surface area (Å²) in [6.07, 6.45) is 12.5. The van der Waals surface area contributed by atoms with Crippen LogP contribution in [-0.4, -0.2) is 26.1 Å². The van der Waals surface area contributed by atoms with Gasteiger partial charge in [-0.05, 0) is 38.7 Å². The van der Waals surface area contributed by atoms with Crippen molar-refractivity contribution in [1.29, 1.82) is 0 Å². The van der Waals surface area contributed by atoms with E-state index in [2.05, 4.69) is 27.5 Å². The molecule has 2 aliphatic rings. The number of pyridine rings is 1. The van der Waals surface area contributed by atoms with E-state index in [0.29, 0.717) is 0 Å². The summed E-state index contributed by atoms with van der Waals surface area (Å²) in [6, 6.07) is 1.89. The second-order valence-electron chi connectivity index (χ2n) is 7.08. The maximum atomic E-state index is 5.89. The summed E-state index contributed by atoms with van der Waals surface area (Å²) in [5, 5.41) is 13.4. The molecule has 0 bridgehead atoms. The lowest BCUT2D eigenvalue weighted by Crippen LogP contribution is -2.24. The number of furan rings is 1. The first-order chi connectivity index (χ1) is 12.8. The van der Waals surface area contributed by atoms with E-state index in [9.17, 15) is 0 Å². The lowest BCUT2D eigenvalue weighted by atomic mass is 9.92. The number of anilines is 2. The van der Waals surface area contributed by atoms with Crippen LogP contribution < -0.4 is 5.32 Å². The zero-order chi connectivity index (χ0) is 17.6. The third-order valence-corrected chi connectivity index (χ3v) is 5.42. The van der Waals surface area contributed by atoms with Gasteiger partial charge in [0.1, 0.15) is 11.9 Å². The van der Waals surface area contributed by atoms with E-state index < -0.39 is 0 Å². The first-order valence-electron chi connectivity index (χ1n) is 9.17. The van der Waals surface area contributed by atoms with Crippen molar-refractivity contribution in [2.45, 2.75) is 51.2 Å². The molecule has 134 valence electrons. The smallest absolute Gasteiger partial charge is 0.159 e. The molecule has 3 aromatic rings. The number of rotatable bonds is 4. The van der Waals surface area contributed by atoms with Gasteiger partial charge in [0.2, 0.25) is 0 Å². The molecule has 0 amide bonds. The topological polar surface area (TPSA) is 77.5 Å². The third kappa shape index (κ3) is 2.38. The molecule has 4 heterocycles. The molecule has 0 aromatic carbocycles. The molecule has 1 saturated carbocycles. The average molecular weight is 351 g/mol. The second-order valence-corrected chi connectivity index (χ2v) is 7.08. The van der Waals surface area contributed by atoms with E-state index in [1.807, 2.05) is 23.1 Å². The van der Waals surface area contributed by atoms with Crippen LogP contribution in [0.15, 0.2) is 40.6 Å². The van der Waals surface area contributed by atoms with Crippen molar-refractivity contribution >= 4 is 28.1 Å². The summed E-state index contributed by atoms with van der Waals surface area (Å²) in [4.78, 5) is 10.6. The summed E-state index contributed by atoms with van der Waals surface area (Å²) >= 11 is 0. The monoisotopic (exact) mass is 351 g/mol. The number of nitrogens with one attached hydrogen (secondary N) is 1. The van der Waals surface area contributed by atoms with E-state index in [0.717, 1.165) is 59.5 Å². The Morgan fingerprint density at radius 1 is 1.27 bits per heavy atom. The van der Waals surface area contributed by atoms with Gasteiger partial charge in [-0.25, -0.2) is 9.67 Å². The lowest BCUT2D eigenvalue weighted by Gasteiger charge is -2.19. The van der Waals surface area contributed by atoms with Crippen molar-refractivity contribution < 1.29 is 9.25 Å². The molecule has 1 aliphatic carbocycles. The van der Waals surface area contributed by atoms with Gasteiger partial charge in [0.05, 0.1) is 34.9 Å². The van der Waals surface area contributed by atoms with Gasteiger partial charge < -0.3 is 14.6 Å². The molecule has 0 radical (unpaired) electrons. The van der Waals surface area contributed by atoms with Crippen LogP contribution >= 0.6 is 0 Å². The van der Waals surface area contributed by atoms with Crippen molar-refractivity contribution in [3.63, 3.8) is 0 Å². The van der Waals surface area contributed by atoms with Crippen molar-refractivity contribution in [1.82, 2.24) is 14.8 Å². The number of oxime groups is 1. The molecule has 7 heteroatoms. The molecule has 1 spiro atoms. The normalized spacial score (nSPS) is 18.4. The minimum absolute atomic E-state index is 0.106. The molecular weight excluding hydrogens is 330 g/mol. The number of hydrogen-bond acceptors (Lipinski definition) is 6. The van der Waals surface area contributed by atoms with Crippen LogP contribution in [0.5, 0.6) is 0 Å². The summed E-state index contributed by atoms with van der Waals surface area (Å²) in [5.41, 5.74) is 4.52. The average Bonchev–Trinajstić information content (AvgIpc) is 3.43. The number of nitrogens with zero attached hydrogens (tertiary/aromatic N) is 4. The SMILES string of the molecule is CCn1ncc2c(Nc3ccoc3)c(C3=NOC4(CCCC4)C3)cnc21. The highest BCUT2D eigenvalue weighted by Gasteiger charge is 2.42. The fraction of sp³-hybridized carbons (Fsp3) is 0.421. The van der Waals surface area contributed by atoms with Crippen molar-refractivity contribution in [3.8, 4) is 0 Å². The van der Waals surface area contributed by atoms with Gasteiger partial charge in [-0.1, -0.05) is 5.16 Å². The molecule has 5 rings (SSSR count). The first-order valence-corrected chi connectivity index (χ1v) is 9.17. The second kappa shape index (κ2) is 5.86. The Balaban J connectivity index is 1.60. The molecule has 1 aliphatic heterocycles. The summed E-state index contributed by atoms with van der Waals surface area (Å²) in [6.45, 7) is 2.83. The Morgan fingerprint density at radius 3 is 2.92 bits per heavy atom. The van der Waals surface area contributed by atoms with Crippen molar-refractivity contribution in [2.75, 3.05) is 5.32 Å². The Bertz CT molecular complexity index is 967. The summed E-state index contributed by atoms with van der Waals surface area (Å²) in [5.74, 6) is 0. The minimum Gasteiger partial charge on any atom is -0.470 e. The molecule has 26 heavy (non-hydrogen) atoms. The predicted octanol–water partition coefficient (Wildman–Crippen LogP) is 4.23. The van der Waals surface area contributed by atoms with Crippen LogP contribution in [-0.2, 0) is 11.4 Å². The van der Waals surface area contributed by atoms with Gasteiger partial charge in [0, 0.05) is 24.7 Å². The van der Waals surface area contributed by atoms with Crippen molar-refractivity contribution in [2.24, 2.45) is 5.16 Å². The molecule has 3 aromatic heterocycles. The fourth-order valence-electron chi connectivity index (χ4n) is 4.05. The zero-order valence-corrected chi connectivity index (χ0v) is 14.7. The van der Waals surface area contributed by atoms with Gasteiger partial charge in [-0.15, -0.1) is 0 Å². The Labute approximate surface area is 151 Å². The number of fused-ring (bicyclic) bond motifs is 1. The van der Waals surface area contributed by atoms with Crippen molar-refractivity contribution in [3.05, 3.63) is 36.5 Å². The van der Waals surface area contributed by atoms with Crippen LogP contribution in [0.4, 0.5) is 11.4 Å². The quantitative estimate of drug-likeness (QED) is 0.761. The maximum Gasteiger partial charge on any atom is 0.159 e. The van der Waals surface area contributed by atoms with E-state index in [-0.39, 0.29) is 5.60 Å². The molecule has 1 fully saturated rings. The Morgan fingerprint density at radius 2 is 2.15 bits per heavy atom. The molecular formula is C19H21N5O2. The van der Waals surface area contributed by atoms with E-state index >= 15 is 0 Å². The molecule has 7 nitrogen and oxygen atoms in total. The van der Waals surface area contributed by atoms with Crippen LogP contribution in [0.25, 0.3) is 11.0 Å². The van der Waals surface area contributed by atoms with Crippen LogP contribution in [0.1, 0.15) is 44.6 Å². The van der Waals surface area contributed by atoms with Crippen LogP contribution in [0.2, 0.25) is 0 Å². The van der Waals surface area contributed by atoms with Crippen LogP contribution in [0.3, 0.4) is 0 Å². The van der Waals surface area contributed by atoms with Gasteiger partial charge in [0.15, 0.2) is 5.65 Å². The summed E-state index contributed by atoms with van der Waals surface area (Å²) < 4.78 is 7.11. The van der Waals surface area contributed by atoms with E-state index in [4.69, 9.17) is 9.25 Å². The zero-order valence-electron chi connectivity index (χ0n) is 14.7. The highest BCUT2D eigenvalue weighted by atomic mass is 16.7. The van der Waals surface area contributed by atoms with E-state index in [1.54, 1.807) is 12.5 Å². The standard InChI is InChI=1S/C19H21N5O2/c1-2-24-18-15(11-21-24)17(22-13-5-8-25-12-13)14(10-20-18)16-9-19(26-23-16)6-3-4-7-19/h5,8,10-12H,2-4,6-7,9H2,1H3,(H,20,22). The van der Waals surface area contributed by atoms with Gasteiger partial charge in [0.25, 0.3) is 0 Å². The van der Waals surface area contributed by atoms with Gasteiger partial charge in [-0.3, -0.25) is 0 Å². The number of aryl methyl sites for hydroxylation is 1. The maximum absolute atomic E-state index is 5.89.